The Hall–Kier alpha value is -1.51. The summed E-state index contributed by atoms with van der Waals surface area (Å²) in [6.07, 6.45) is 4.40. The molecule has 7 nitrogen and oxygen atoms in total. The minimum Gasteiger partial charge on any atom is -0.504 e. The quantitative estimate of drug-likeness (QED) is 0.771. The minimum absolute atomic E-state index is 0.00725. The van der Waals surface area contributed by atoms with Gasteiger partial charge in [-0.3, -0.25) is 4.90 Å². The second-order valence-corrected chi connectivity index (χ2v) is 7.19. The van der Waals surface area contributed by atoms with Crippen LogP contribution in [-0.2, 0) is 10.0 Å². The predicted octanol–water partition coefficient (Wildman–Crippen LogP) is 1.91. The van der Waals surface area contributed by atoms with Gasteiger partial charge in [-0.15, -0.1) is 0 Å². The van der Waals surface area contributed by atoms with Crippen LogP contribution in [0.15, 0.2) is 17.0 Å². The van der Waals surface area contributed by atoms with E-state index in [1.54, 1.807) is 0 Å². The second kappa shape index (κ2) is 6.31. The number of phenolic OH excluding ortho intramolecular Hbond substituents is 1. The zero-order valence-corrected chi connectivity index (χ0v) is 13.4. The van der Waals surface area contributed by atoms with Crippen LogP contribution in [0, 0.1) is 0 Å². The molecule has 1 aliphatic rings. The molecule has 1 fully saturated rings. The van der Waals surface area contributed by atoms with Crippen LogP contribution in [0.2, 0.25) is 5.02 Å². The number of sulfonamides is 1. The number of anilines is 1. The number of benzene rings is 1. The maximum Gasteiger partial charge on any atom is 0.319 e. The van der Waals surface area contributed by atoms with Crippen molar-refractivity contribution in [3.63, 3.8) is 0 Å². The van der Waals surface area contributed by atoms with Crippen LogP contribution in [0.5, 0.6) is 5.75 Å². The standard InChI is InChI=1S/C13H18ClN3O4S/c14-9-6-7-10(11(18)12(9)22(16,20)21)17(13(15)19)8-4-2-1-3-5-8/h6-8,18H,1-5H2,(H2,15,19)(H2,16,20,21). The lowest BCUT2D eigenvalue weighted by Gasteiger charge is -2.33. The van der Waals surface area contributed by atoms with Crippen molar-refractivity contribution >= 4 is 33.3 Å². The van der Waals surface area contributed by atoms with Crippen LogP contribution < -0.4 is 15.8 Å². The Morgan fingerprint density at radius 1 is 1.27 bits per heavy atom. The Bertz CT molecular complexity index is 687. The van der Waals surface area contributed by atoms with Crippen molar-refractivity contribution in [2.24, 2.45) is 10.9 Å². The minimum atomic E-state index is -4.24. The van der Waals surface area contributed by atoms with Crippen LogP contribution in [0.25, 0.3) is 0 Å². The Labute approximate surface area is 133 Å². The molecule has 1 aromatic rings. The smallest absolute Gasteiger partial charge is 0.319 e. The molecule has 0 aromatic heterocycles. The third kappa shape index (κ3) is 3.29. The zero-order chi connectivity index (χ0) is 16.5. The van der Waals surface area contributed by atoms with Crippen molar-refractivity contribution in [3.8, 4) is 5.75 Å². The molecular weight excluding hydrogens is 330 g/mol. The summed E-state index contributed by atoms with van der Waals surface area (Å²) >= 11 is 5.80. The van der Waals surface area contributed by atoms with Crippen molar-refractivity contribution in [1.29, 1.82) is 0 Å². The summed E-state index contributed by atoms with van der Waals surface area (Å²) in [7, 11) is -4.24. The molecular formula is C13H18ClN3O4S. The molecule has 0 spiro atoms. The summed E-state index contributed by atoms with van der Waals surface area (Å²) in [4.78, 5) is 12.4. The Kier molecular flexibility index (Phi) is 4.84. The van der Waals surface area contributed by atoms with E-state index < -0.39 is 26.7 Å². The van der Waals surface area contributed by atoms with Crippen LogP contribution in [0.1, 0.15) is 32.1 Å². The number of amides is 2. The lowest BCUT2D eigenvalue weighted by Crippen LogP contribution is -2.45. The van der Waals surface area contributed by atoms with Gasteiger partial charge in [0, 0.05) is 6.04 Å². The van der Waals surface area contributed by atoms with Gasteiger partial charge in [0.1, 0.15) is 4.90 Å². The summed E-state index contributed by atoms with van der Waals surface area (Å²) in [5.41, 5.74) is 5.44. The maximum absolute atomic E-state index is 11.8. The average molecular weight is 348 g/mol. The number of urea groups is 1. The van der Waals surface area contributed by atoms with Gasteiger partial charge in [-0.1, -0.05) is 30.9 Å². The molecule has 2 amide bonds. The number of phenols is 1. The molecule has 0 bridgehead atoms. The summed E-state index contributed by atoms with van der Waals surface area (Å²) in [6.45, 7) is 0. The molecule has 0 aliphatic heterocycles. The highest BCUT2D eigenvalue weighted by Gasteiger charge is 2.30. The first-order chi connectivity index (χ1) is 10.2. The number of nitrogens with two attached hydrogens (primary N) is 2. The first kappa shape index (κ1) is 16.9. The van der Waals surface area contributed by atoms with Crippen LogP contribution in [0.3, 0.4) is 0 Å². The molecule has 0 atom stereocenters. The first-order valence-electron chi connectivity index (χ1n) is 6.86. The van der Waals surface area contributed by atoms with Crippen molar-refractivity contribution in [2.75, 3.05) is 4.90 Å². The fourth-order valence-corrected chi connectivity index (χ4v) is 4.02. The number of aromatic hydroxyl groups is 1. The predicted molar refractivity (Wildman–Crippen MR) is 83.4 cm³/mol. The Balaban J connectivity index is 2.56. The van der Waals surface area contributed by atoms with Crippen LogP contribution in [-0.4, -0.2) is 25.6 Å². The summed E-state index contributed by atoms with van der Waals surface area (Å²) in [6, 6.07) is 1.69. The normalized spacial score (nSPS) is 16.5. The number of hydrogen-bond donors (Lipinski definition) is 3. The maximum atomic E-state index is 11.8. The van der Waals surface area contributed by atoms with Gasteiger partial charge >= 0.3 is 6.03 Å². The average Bonchev–Trinajstić information content (AvgIpc) is 2.41. The monoisotopic (exact) mass is 347 g/mol. The van der Waals surface area contributed by atoms with Gasteiger partial charge in [0.25, 0.3) is 0 Å². The van der Waals surface area contributed by atoms with Gasteiger partial charge in [0.05, 0.1) is 10.7 Å². The molecule has 0 saturated heterocycles. The lowest BCUT2D eigenvalue weighted by molar-refractivity contribution is 0.248. The zero-order valence-electron chi connectivity index (χ0n) is 11.8. The van der Waals surface area contributed by atoms with E-state index in [1.807, 2.05) is 0 Å². The van der Waals surface area contributed by atoms with E-state index in [0.29, 0.717) is 0 Å². The van der Waals surface area contributed by atoms with E-state index in [1.165, 1.54) is 17.0 Å². The Morgan fingerprint density at radius 2 is 1.86 bits per heavy atom. The fraction of sp³-hybridized carbons (Fsp3) is 0.462. The van der Waals surface area contributed by atoms with Crippen molar-refractivity contribution < 1.29 is 18.3 Å². The van der Waals surface area contributed by atoms with E-state index in [9.17, 15) is 18.3 Å². The molecule has 122 valence electrons. The lowest BCUT2D eigenvalue weighted by atomic mass is 9.94. The number of hydrogen-bond acceptors (Lipinski definition) is 4. The van der Waals surface area contributed by atoms with E-state index in [-0.39, 0.29) is 16.8 Å². The number of primary sulfonamides is 1. The van der Waals surface area contributed by atoms with E-state index in [2.05, 4.69) is 0 Å². The molecule has 22 heavy (non-hydrogen) atoms. The molecule has 0 radical (unpaired) electrons. The highest BCUT2D eigenvalue weighted by Crippen LogP contribution is 2.40. The van der Waals surface area contributed by atoms with Gasteiger partial charge in [0.15, 0.2) is 5.75 Å². The topological polar surface area (TPSA) is 127 Å². The molecule has 5 N–H and O–H groups in total. The summed E-state index contributed by atoms with van der Waals surface area (Å²) < 4.78 is 23.2. The third-order valence-corrected chi connectivity index (χ3v) is 5.19. The number of primary amides is 1. The van der Waals surface area contributed by atoms with E-state index in [4.69, 9.17) is 22.5 Å². The largest absolute Gasteiger partial charge is 0.504 e. The third-order valence-electron chi connectivity index (χ3n) is 3.78. The van der Waals surface area contributed by atoms with Gasteiger partial charge in [-0.2, -0.15) is 0 Å². The van der Waals surface area contributed by atoms with E-state index >= 15 is 0 Å². The molecule has 9 heteroatoms. The number of halogens is 1. The number of carbonyl (C=O) groups excluding carboxylic acids is 1. The van der Waals surface area contributed by atoms with Crippen LogP contribution >= 0.6 is 11.6 Å². The van der Waals surface area contributed by atoms with Gasteiger partial charge < -0.3 is 10.8 Å². The highest BCUT2D eigenvalue weighted by atomic mass is 35.5. The van der Waals surface area contributed by atoms with Gasteiger partial charge in [0.2, 0.25) is 10.0 Å². The number of carbonyl (C=O) groups is 1. The molecule has 0 unspecified atom stereocenters. The molecule has 0 heterocycles. The van der Waals surface area contributed by atoms with Gasteiger partial charge in [-0.05, 0) is 25.0 Å². The SMILES string of the molecule is NC(=O)N(c1ccc(Cl)c(S(N)(=O)=O)c1O)C1CCCCC1. The van der Waals surface area contributed by atoms with Crippen molar-refractivity contribution in [2.45, 2.75) is 43.0 Å². The van der Waals surface area contributed by atoms with E-state index in [0.717, 1.165) is 32.1 Å². The fourth-order valence-electron chi connectivity index (χ4n) is 2.84. The second-order valence-electron chi connectivity index (χ2n) is 5.29. The van der Waals surface area contributed by atoms with Crippen molar-refractivity contribution in [1.82, 2.24) is 0 Å². The molecule has 1 aromatic carbocycles. The molecule has 1 saturated carbocycles. The summed E-state index contributed by atoms with van der Waals surface area (Å²) in [5.74, 6) is -0.653. The van der Waals surface area contributed by atoms with Crippen molar-refractivity contribution in [3.05, 3.63) is 17.2 Å². The molecule has 1 aliphatic carbocycles. The van der Waals surface area contributed by atoms with Gasteiger partial charge in [-0.25, -0.2) is 18.4 Å². The summed E-state index contributed by atoms with van der Waals surface area (Å²) in [5, 5.41) is 15.1. The number of rotatable bonds is 3. The number of nitrogens with zero attached hydrogens (tertiary/aromatic N) is 1. The Morgan fingerprint density at radius 3 is 2.36 bits per heavy atom. The first-order valence-corrected chi connectivity index (χ1v) is 8.79. The molecule has 2 rings (SSSR count). The van der Waals surface area contributed by atoms with Crippen LogP contribution in [0.4, 0.5) is 10.5 Å². The highest BCUT2D eigenvalue weighted by molar-refractivity contribution is 7.89.